The summed E-state index contributed by atoms with van der Waals surface area (Å²) < 4.78 is 13.7. The predicted molar refractivity (Wildman–Crippen MR) is 71.8 cm³/mol. The lowest BCUT2D eigenvalue weighted by Gasteiger charge is -2.00. The number of benzene rings is 1. The van der Waals surface area contributed by atoms with Crippen LogP contribution < -0.4 is 0 Å². The number of carbonyl (C=O) groups is 1. The van der Waals surface area contributed by atoms with Gasteiger partial charge in [0.2, 0.25) is 0 Å². The molecule has 92 valence electrons. The largest absolute Gasteiger partial charge is 0.293 e. The summed E-state index contributed by atoms with van der Waals surface area (Å²) in [6, 6.07) is 8.02. The Kier molecular flexibility index (Phi) is 2.96. The fourth-order valence-corrected chi connectivity index (χ4v) is 3.06. The van der Waals surface area contributed by atoms with Gasteiger partial charge >= 0.3 is 0 Å². The van der Waals surface area contributed by atoms with Crippen molar-refractivity contribution in [2.45, 2.75) is 12.8 Å². The van der Waals surface area contributed by atoms with Gasteiger partial charge < -0.3 is 0 Å². The zero-order chi connectivity index (χ0) is 12.7. The van der Waals surface area contributed by atoms with Crippen LogP contribution in [0.5, 0.6) is 0 Å². The molecule has 4 heteroatoms. The molecule has 2 aromatic rings. The van der Waals surface area contributed by atoms with Gasteiger partial charge in [0.05, 0.1) is 4.88 Å². The van der Waals surface area contributed by atoms with Crippen LogP contribution in [-0.2, 0) is 0 Å². The molecule has 1 aliphatic rings. The van der Waals surface area contributed by atoms with Crippen LogP contribution in [0.2, 0.25) is 5.02 Å². The minimum absolute atomic E-state index is 0.189. The van der Waals surface area contributed by atoms with Gasteiger partial charge in [-0.2, -0.15) is 0 Å². The Morgan fingerprint density at radius 3 is 2.78 bits per heavy atom. The first kappa shape index (κ1) is 11.9. The van der Waals surface area contributed by atoms with E-state index in [2.05, 4.69) is 0 Å². The number of hydrogen-bond acceptors (Lipinski definition) is 2. The minimum Gasteiger partial charge on any atom is -0.293 e. The Balaban J connectivity index is 1.97. The van der Waals surface area contributed by atoms with E-state index in [1.54, 1.807) is 18.2 Å². The summed E-state index contributed by atoms with van der Waals surface area (Å²) >= 11 is 7.20. The van der Waals surface area contributed by atoms with Gasteiger partial charge in [-0.15, -0.1) is 11.3 Å². The molecule has 3 rings (SSSR count). The molecular weight excluding hydrogens is 271 g/mol. The van der Waals surface area contributed by atoms with Crippen LogP contribution in [0.4, 0.5) is 4.39 Å². The SMILES string of the molecule is O=C(c1ccc(-c2cc(Cl)ccc2F)s1)C1CC1. The average Bonchev–Trinajstić information content (AvgIpc) is 3.09. The second-order valence-corrected chi connectivity index (χ2v) is 5.95. The van der Waals surface area contributed by atoms with Crippen molar-refractivity contribution in [1.29, 1.82) is 0 Å². The fourth-order valence-electron chi connectivity index (χ4n) is 1.85. The predicted octanol–water partition coefficient (Wildman–Crippen LogP) is 4.80. The molecular formula is C14H10ClFOS. The molecule has 0 radical (unpaired) electrons. The van der Waals surface area contributed by atoms with E-state index in [1.807, 2.05) is 0 Å². The van der Waals surface area contributed by atoms with Gasteiger partial charge in [-0.1, -0.05) is 11.6 Å². The van der Waals surface area contributed by atoms with E-state index in [4.69, 9.17) is 11.6 Å². The first-order valence-electron chi connectivity index (χ1n) is 5.74. The molecule has 1 aromatic heterocycles. The third-order valence-corrected chi connectivity index (χ3v) is 4.36. The van der Waals surface area contributed by atoms with E-state index in [0.717, 1.165) is 17.7 Å². The summed E-state index contributed by atoms with van der Waals surface area (Å²) in [4.78, 5) is 13.4. The highest BCUT2D eigenvalue weighted by Crippen LogP contribution is 2.37. The van der Waals surface area contributed by atoms with Crippen molar-refractivity contribution >= 4 is 28.7 Å². The number of Topliss-reactive ketones (excluding diaryl/α,β-unsaturated/α-hetero) is 1. The van der Waals surface area contributed by atoms with Crippen molar-refractivity contribution in [3.63, 3.8) is 0 Å². The van der Waals surface area contributed by atoms with Crippen LogP contribution >= 0.6 is 22.9 Å². The minimum atomic E-state index is -0.313. The van der Waals surface area contributed by atoms with Gasteiger partial charge in [0.25, 0.3) is 0 Å². The number of ketones is 1. The zero-order valence-corrected chi connectivity index (χ0v) is 11.0. The van der Waals surface area contributed by atoms with Crippen LogP contribution in [-0.4, -0.2) is 5.78 Å². The molecule has 1 aliphatic carbocycles. The average molecular weight is 281 g/mol. The highest BCUT2D eigenvalue weighted by Gasteiger charge is 2.31. The van der Waals surface area contributed by atoms with E-state index in [-0.39, 0.29) is 17.5 Å². The summed E-state index contributed by atoms with van der Waals surface area (Å²) in [6.45, 7) is 0. The maximum Gasteiger partial charge on any atom is 0.175 e. The number of rotatable bonds is 3. The molecule has 1 saturated carbocycles. The zero-order valence-electron chi connectivity index (χ0n) is 9.45. The topological polar surface area (TPSA) is 17.1 Å². The summed E-state index contributed by atoms with van der Waals surface area (Å²) in [5, 5.41) is 0.495. The standard InChI is InChI=1S/C14H10ClFOS/c15-9-3-4-11(16)10(7-9)12-5-6-13(18-12)14(17)8-1-2-8/h3-8H,1-2H2. The molecule has 0 N–H and O–H groups in total. The van der Waals surface area contributed by atoms with Crippen LogP contribution in [0.15, 0.2) is 30.3 Å². The van der Waals surface area contributed by atoms with Crippen LogP contribution in [0.3, 0.4) is 0 Å². The Bertz CT molecular complexity index is 616. The second-order valence-electron chi connectivity index (χ2n) is 4.43. The quantitative estimate of drug-likeness (QED) is 0.738. The third-order valence-electron chi connectivity index (χ3n) is 2.99. The number of halogens is 2. The summed E-state index contributed by atoms with van der Waals surface area (Å²) in [6.07, 6.45) is 1.97. The smallest absolute Gasteiger partial charge is 0.175 e. The van der Waals surface area contributed by atoms with Gasteiger partial charge in [0, 0.05) is 21.4 Å². The van der Waals surface area contributed by atoms with Crippen molar-refractivity contribution in [2.24, 2.45) is 5.92 Å². The summed E-state index contributed by atoms with van der Waals surface area (Å²) in [5.41, 5.74) is 0.461. The van der Waals surface area contributed by atoms with Gasteiger partial charge in [-0.05, 0) is 43.2 Å². The van der Waals surface area contributed by atoms with Gasteiger partial charge in [0.15, 0.2) is 5.78 Å². The molecule has 0 atom stereocenters. The van der Waals surface area contributed by atoms with Crippen molar-refractivity contribution in [1.82, 2.24) is 0 Å². The van der Waals surface area contributed by atoms with Crippen molar-refractivity contribution < 1.29 is 9.18 Å². The number of hydrogen-bond donors (Lipinski definition) is 0. The molecule has 1 aromatic carbocycles. The maximum absolute atomic E-state index is 13.7. The first-order valence-corrected chi connectivity index (χ1v) is 6.94. The van der Waals surface area contributed by atoms with Gasteiger partial charge in [-0.25, -0.2) is 4.39 Å². The molecule has 0 unspecified atom stereocenters. The van der Waals surface area contributed by atoms with E-state index in [0.29, 0.717) is 15.5 Å². The highest BCUT2D eigenvalue weighted by atomic mass is 35.5. The molecule has 0 spiro atoms. The summed E-state index contributed by atoms with van der Waals surface area (Å²) in [5.74, 6) is 0.0704. The Morgan fingerprint density at radius 1 is 1.28 bits per heavy atom. The van der Waals surface area contributed by atoms with E-state index in [1.165, 1.54) is 23.5 Å². The molecule has 0 amide bonds. The lowest BCUT2D eigenvalue weighted by Crippen LogP contribution is -1.96. The molecule has 18 heavy (non-hydrogen) atoms. The molecule has 0 bridgehead atoms. The lowest BCUT2D eigenvalue weighted by atomic mass is 10.1. The van der Waals surface area contributed by atoms with Crippen molar-refractivity contribution in [2.75, 3.05) is 0 Å². The summed E-state index contributed by atoms with van der Waals surface area (Å²) in [7, 11) is 0. The molecule has 1 heterocycles. The maximum atomic E-state index is 13.7. The second kappa shape index (κ2) is 4.48. The van der Waals surface area contributed by atoms with Crippen molar-refractivity contribution in [3.05, 3.63) is 46.0 Å². The Morgan fingerprint density at radius 2 is 2.06 bits per heavy atom. The highest BCUT2D eigenvalue weighted by molar-refractivity contribution is 7.17. The first-order chi connectivity index (χ1) is 8.65. The molecule has 0 saturated heterocycles. The van der Waals surface area contributed by atoms with E-state index >= 15 is 0 Å². The fraction of sp³-hybridized carbons (Fsp3) is 0.214. The molecule has 1 nitrogen and oxygen atoms in total. The molecule has 1 fully saturated rings. The van der Waals surface area contributed by atoms with Crippen molar-refractivity contribution in [3.8, 4) is 10.4 Å². The third kappa shape index (κ3) is 2.20. The van der Waals surface area contributed by atoms with E-state index < -0.39 is 0 Å². The molecule has 0 aliphatic heterocycles. The number of carbonyl (C=O) groups excluding carboxylic acids is 1. The Hall–Kier alpha value is -1.19. The number of thiophene rings is 1. The van der Waals surface area contributed by atoms with Crippen LogP contribution in [0, 0.1) is 11.7 Å². The van der Waals surface area contributed by atoms with Crippen LogP contribution in [0.25, 0.3) is 10.4 Å². The van der Waals surface area contributed by atoms with E-state index in [9.17, 15) is 9.18 Å². The Labute approximate surface area is 113 Å². The normalized spacial score (nSPS) is 14.8. The lowest BCUT2D eigenvalue weighted by molar-refractivity contribution is 0.0971. The van der Waals surface area contributed by atoms with Gasteiger partial charge in [-0.3, -0.25) is 4.79 Å². The van der Waals surface area contributed by atoms with Gasteiger partial charge in [0.1, 0.15) is 5.82 Å². The monoisotopic (exact) mass is 280 g/mol. The van der Waals surface area contributed by atoms with Crippen LogP contribution in [0.1, 0.15) is 22.5 Å².